The number of unbranched alkanes of at least 4 members (excludes halogenated alkanes) is 2. The van der Waals surface area contributed by atoms with E-state index in [1.807, 2.05) is 34.6 Å². The van der Waals surface area contributed by atoms with Crippen LogP contribution in [0, 0.1) is 17.8 Å². The van der Waals surface area contributed by atoms with Gasteiger partial charge in [-0.3, -0.25) is 14.4 Å². The van der Waals surface area contributed by atoms with Crippen molar-refractivity contribution in [1.82, 2.24) is 9.80 Å². The lowest BCUT2D eigenvalue weighted by atomic mass is 9.62. The number of hydrogen-bond acceptors (Lipinski definition) is 6. The highest BCUT2D eigenvalue weighted by Gasteiger charge is 2.80. The molecule has 1 N–H and O–H groups in total. The van der Waals surface area contributed by atoms with Crippen molar-refractivity contribution in [2.45, 2.75) is 89.5 Å². The van der Waals surface area contributed by atoms with E-state index < -0.39 is 40.6 Å². The maximum Gasteiger partial charge on any atom is 0.312 e. The van der Waals surface area contributed by atoms with Crippen molar-refractivity contribution in [3.05, 3.63) is 25.3 Å². The van der Waals surface area contributed by atoms with Crippen LogP contribution in [-0.4, -0.2) is 81.8 Å². The van der Waals surface area contributed by atoms with Crippen LogP contribution in [0.2, 0.25) is 0 Å². The maximum absolute atomic E-state index is 14.3. The van der Waals surface area contributed by atoms with E-state index in [1.54, 1.807) is 22.0 Å². The average Bonchev–Trinajstić information content (AvgIpc) is 3.31. The number of ether oxygens (including phenoxy) is 2. The zero-order valence-corrected chi connectivity index (χ0v) is 22.6. The van der Waals surface area contributed by atoms with Crippen molar-refractivity contribution in [2.75, 3.05) is 26.3 Å². The lowest BCUT2D eigenvalue weighted by Gasteiger charge is -2.42. The molecule has 3 aliphatic rings. The predicted molar refractivity (Wildman–Crippen MR) is 137 cm³/mol. The summed E-state index contributed by atoms with van der Waals surface area (Å²) >= 11 is 0. The topological polar surface area (TPSA) is 96.4 Å². The molecule has 0 aromatic carbocycles. The van der Waals surface area contributed by atoms with Gasteiger partial charge in [-0.15, -0.1) is 13.2 Å². The Morgan fingerprint density at radius 2 is 1.94 bits per heavy atom. The summed E-state index contributed by atoms with van der Waals surface area (Å²) in [6, 6.07) is -0.851. The first-order valence-corrected chi connectivity index (χ1v) is 13.2. The molecule has 3 rings (SSSR count). The molecule has 1 spiro atoms. The number of allylic oxidation sites excluding steroid dienone is 1. The number of rotatable bonds is 12. The van der Waals surface area contributed by atoms with Gasteiger partial charge in [-0.1, -0.05) is 19.1 Å². The van der Waals surface area contributed by atoms with Crippen molar-refractivity contribution in [2.24, 2.45) is 17.8 Å². The van der Waals surface area contributed by atoms with Gasteiger partial charge in [0.05, 0.1) is 18.1 Å². The summed E-state index contributed by atoms with van der Waals surface area (Å²) < 4.78 is 12.4. The Morgan fingerprint density at radius 3 is 2.53 bits per heavy atom. The number of carbonyl (C=O) groups excluding carboxylic acids is 3. The molecule has 3 heterocycles. The predicted octanol–water partition coefficient (Wildman–Crippen LogP) is 3.09. The molecule has 36 heavy (non-hydrogen) atoms. The third-order valence-corrected chi connectivity index (χ3v) is 8.29. The van der Waals surface area contributed by atoms with Gasteiger partial charge in [0.25, 0.3) is 0 Å². The first kappa shape index (κ1) is 28.4. The van der Waals surface area contributed by atoms with Crippen LogP contribution in [0.3, 0.4) is 0 Å². The van der Waals surface area contributed by atoms with Crippen LogP contribution < -0.4 is 0 Å². The second-order valence-corrected chi connectivity index (χ2v) is 11.7. The average molecular weight is 505 g/mol. The smallest absolute Gasteiger partial charge is 0.312 e. The number of fused-ring (bicyclic) bond motifs is 1. The quantitative estimate of drug-likeness (QED) is 0.249. The lowest BCUT2D eigenvalue weighted by Crippen LogP contribution is -2.60. The minimum Gasteiger partial charge on any atom is -0.465 e. The molecule has 3 aliphatic heterocycles. The minimum atomic E-state index is -1.10. The van der Waals surface area contributed by atoms with Gasteiger partial charge in [-0.2, -0.15) is 0 Å². The summed E-state index contributed by atoms with van der Waals surface area (Å²) in [7, 11) is 0. The van der Waals surface area contributed by atoms with Crippen molar-refractivity contribution < 1.29 is 29.0 Å². The van der Waals surface area contributed by atoms with Gasteiger partial charge in [0.2, 0.25) is 11.8 Å². The van der Waals surface area contributed by atoms with Gasteiger partial charge >= 0.3 is 5.97 Å². The molecule has 0 aromatic rings. The van der Waals surface area contributed by atoms with Gasteiger partial charge in [0.15, 0.2) is 0 Å². The largest absolute Gasteiger partial charge is 0.465 e. The first-order valence-electron chi connectivity index (χ1n) is 13.2. The highest BCUT2D eigenvalue weighted by Crippen LogP contribution is 2.65. The number of amides is 2. The summed E-state index contributed by atoms with van der Waals surface area (Å²) in [5.74, 6) is -2.46. The molecule has 0 saturated carbocycles. The van der Waals surface area contributed by atoms with Crippen LogP contribution >= 0.6 is 0 Å². The number of aliphatic hydroxyl groups is 1. The zero-order chi connectivity index (χ0) is 26.9. The number of likely N-dealkylation sites (tertiary alicyclic amines) is 1. The fourth-order valence-electron chi connectivity index (χ4n) is 6.47. The van der Waals surface area contributed by atoms with E-state index in [9.17, 15) is 19.5 Å². The molecular formula is C28H44N2O6. The summed E-state index contributed by atoms with van der Waals surface area (Å²) in [6.45, 7) is 18.2. The minimum absolute atomic E-state index is 0.00502. The molecule has 8 heteroatoms. The lowest BCUT2D eigenvalue weighted by molar-refractivity contribution is -0.163. The third-order valence-electron chi connectivity index (χ3n) is 8.29. The van der Waals surface area contributed by atoms with Crippen LogP contribution in [0.15, 0.2) is 25.3 Å². The van der Waals surface area contributed by atoms with E-state index in [1.165, 1.54) is 0 Å². The van der Waals surface area contributed by atoms with Crippen LogP contribution in [0.4, 0.5) is 0 Å². The second-order valence-electron chi connectivity index (χ2n) is 11.7. The summed E-state index contributed by atoms with van der Waals surface area (Å²) in [4.78, 5) is 45.1. The zero-order valence-electron chi connectivity index (χ0n) is 22.6. The molecule has 8 nitrogen and oxygen atoms in total. The standard InChI is InChI=1S/C28H44N2O6/c1-8-10-13-17-35-25(34)21-20-23(32)29(15-11-12-16-31)22(24(33)30(14-9-2)26(4,5)6)28(20)18-19(3)27(21,7)36-28/h8-9,19-22,31H,1-2,10-18H2,3-7H3/t19?,20-,21+,22?,27-,28?/m0/s1. The van der Waals surface area contributed by atoms with E-state index in [-0.39, 0.29) is 30.9 Å². The monoisotopic (exact) mass is 504 g/mol. The summed E-state index contributed by atoms with van der Waals surface area (Å²) in [5.41, 5.74) is -2.50. The highest BCUT2D eigenvalue weighted by atomic mass is 16.6. The molecule has 2 amide bonds. The van der Waals surface area contributed by atoms with Crippen LogP contribution in [-0.2, 0) is 23.9 Å². The molecule has 2 bridgehead atoms. The molecule has 0 radical (unpaired) electrons. The Kier molecular flexibility index (Phi) is 8.40. The van der Waals surface area contributed by atoms with E-state index in [4.69, 9.17) is 9.47 Å². The summed E-state index contributed by atoms with van der Waals surface area (Å²) in [5, 5.41) is 9.33. The van der Waals surface area contributed by atoms with Crippen molar-refractivity contribution in [3.8, 4) is 0 Å². The molecule has 6 atom stereocenters. The molecule has 3 saturated heterocycles. The Labute approximate surface area is 215 Å². The van der Waals surface area contributed by atoms with Crippen molar-refractivity contribution >= 4 is 17.8 Å². The number of hydrogen-bond donors (Lipinski definition) is 1. The number of carbonyl (C=O) groups is 3. The Hall–Kier alpha value is -2.19. The van der Waals surface area contributed by atoms with E-state index >= 15 is 0 Å². The van der Waals surface area contributed by atoms with Gasteiger partial charge < -0.3 is 24.4 Å². The Balaban J connectivity index is 2.04. The van der Waals surface area contributed by atoms with E-state index in [2.05, 4.69) is 13.2 Å². The fraction of sp³-hybridized carbons (Fsp3) is 0.750. The van der Waals surface area contributed by atoms with E-state index in [0.717, 1.165) is 6.42 Å². The Bertz CT molecular complexity index is 882. The number of esters is 1. The Morgan fingerprint density at radius 1 is 1.25 bits per heavy atom. The third kappa shape index (κ3) is 4.62. The molecule has 0 aliphatic carbocycles. The molecule has 0 aromatic heterocycles. The van der Waals surface area contributed by atoms with Gasteiger partial charge in [-0.05, 0) is 65.7 Å². The number of aliphatic hydroxyl groups excluding tert-OH is 1. The van der Waals surface area contributed by atoms with Gasteiger partial charge in [-0.25, -0.2) is 0 Å². The van der Waals surface area contributed by atoms with Crippen LogP contribution in [0.25, 0.3) is 0 Å². The fourth-order valence-corrected chi connectivity index (χ4v) is 6.47. The van der Waals surface area contributed by atoms with Crippen molar-refractivity contribution in [1.29, 1.82) is 0 Å². The number of nitrogens with zero attached hydrogens (tertiary/aromatic N) is 2. The SMILES string of the molecule is C=CCCCOC(=O)[C@H]1[C@H]2C(=O)N(CCCCO)C(C(=O)N(CC=C)C(C)(C)C)C23CC(C)[C@]1(C)O3. The molecule has 3 unspecified atom stereocenters. The maximum atomic E-state index is 14.3. The molecule has 3 fully saturated rings. The van der Waals surface area contributed by atoms with Gasteiger partial charge in [0.1, 0.15) is 17.6 Å². The first-order chi connectivity index (χ1) is 16.9. The second kappa shape index (κ2) is 10.7. The molecule has 202 valence electrons. The van der Waals surface area contributed by atoms with Crippen molar-refractivity contribution in [3.63, 3.8) is 0 Å². The normalized spacial score (nSPS) is 32.9. The summed E-state index contributed by atoms with van der Waals surface area (Å²) in [6.07, 6.45) is 6.44. The molecular weight excluding hydrogens is 460 g/mol. The van der Waals surface area contributed by atoms with Crippen LogP contribution in [0.5, 0.6) is 0 Å². The van der Waals surface area contributed by atoms with E-state index in [0.29, 0.717) is 38.8 Å². The van der Waals surface area contributed by atoms with Gasteiger partial charge in [0, 0.05) is 25.2 Å². The highest BCUT2D eigenvalue weighted by molar-refractivity contribution is 5.98. The van der Waals surface area contributed by atoms with Crippen LogP contribution in [0.1, 0.15) is 66.7 Å².